The molecule has 0 saturated carbocycles. The zero-order valence-electron chi connectivity index (χ0n) is 16.4. The minimum Gasteiger partial charge on any atom is -0.497 e. The van der Waals surface area contributed by atoms with E-state index in [9.17, 15) is 4.79 Å². The molecule has 4 aromatic rings. The second-order valence-corrected chi connectivity index (χ2v) is 6.71. The fraction of sp³-hybridized carbons (Fsp3) is 0.136. The highest BCUT2D eigenvalue weighted by molar-refractivity contribution is 6.01. The topological polar surface area (TPSA) is 95.2 Å². The Labute approximate surface area is 167 Å². The third kappa shape index (κ3) is 3.50. The lowest BCUT2D eigenvalue weighted by Crippen LogP contribution is -2.19. The van der Waals surface area contributed by atoms with Crippen molar-refractivity contribution in [2.75, 3.05) is 7.11 Å². The number of aromatic nitrogens is 3. The van der Waals surface area contributed by atoms with E-state index in [0.29, 0.717) is 11.4 Å². The number of aryl methyl sites for hydroxylation is 1. The number of carbonyl (C=O) groups is 1. The molecule has 3 N–H and O–H groups in total. The molecule has 146 valence electrons. The Hall–Kier alpha value is -3.87. The molecule has 7 nitrogen and oxygen atoms in total. The number of aromatic amines is 2. The van der Waals surface area contributed by atoms with Crippen molar-refractivity contribution >= 4 is 23.0 Å². The molecule has 0 unspecified atom stereocenters. The first-order valence-corrected chi connectivity index (χ1v) is 9.18. The lowest BCUT2D eigenvalue weighted by molar-refractivity contribution is 0.0949. The molecule has 7 heteroatoms. The fourth-order valence-electron chi connectivity index (χ4n) is 3.32. The standard InChI is InChI=1S/C22H21N5O2/c1-13-20(15-8-10-16(29-3)11-9-15)25-26-21(13)22(28)27-23-12-18-14(2)24-19-7-5-4-6-17(18)19/h4-12,24H,1-3H3,(H,25,26)(H,27,28)/b23-12+. The highest BCUT2D eigenvalue weighted by Crippen LogP contribution is 2.25. The summed E-state index contributed by atoms with van der Waals surface area (Å²) in [7, 11) is 1.62. The summed E-state index contributed by atoms with van der Waals surface area (Å²) in [6, 6.07) is 15.5. The molecular formula is C22H21N5O2. The van der Waals surface area contributed by atoms with Gasteiger partial charge in [0.25, 0.3) is 5.91 Å². The van der Waals surface area contributed by atoms with Gasteiger partial charge in [-0.1, -0.05) is 18.2 Å². The number of fused-ring (bicyclic) bond motifs is 1. The molecule has 1 amide bonds. The Morgan fingerprint density at radius 2 is 1.90 bits per heavy atom. The van der Waals surface area contributed by atoms with Gasteiger partial charge in [-0.15, -0.1) is 0 Å². The Balaban J connectivity index is 1.52. The van der Waals surface area contributed by atoms with Crippen LogP contribution in [0, 0.1) is 13.8 Å². The number of para-hydroxylation sites is 1. The highest BCUT2D eigenvalue weighted by Gasteiger charge is 2.16. The number of hydrogen-bond acceptors (Lipinski definition) is 4. The van der Waals surface area contributed by atoms with E-state index in [-0.39, 0.29) is 5.91 Å². The maximum Gasteiger partial charge on any atom is 0.289 e. The van der Waals surface area contributed by atoms with E-state index >= 15 is 0 Å². The Morgan fingerprint density at radius 1 is 1.14 bits per heavy atom. The quantitative estimate of drug-likeness (QED) is 0.357. The molecule has 0 aliphatic rings. The molecule has 0 spiro atoms. The number of rotatable bonds is 5. The van der Waals surface area contributed by atoms with E-state index in [1.165, 1.54) is 0 Å². The fourth-order valence-corrected chi connectivity index (χ4v) is 3.32. The van der Waals surface area contributed by atoms with Crippen LogP contribution < -0.4 is 10.2 Å². The molecule has 2 aromatic heterocycles. The summed E-state index contributed by atoms with van der Waals surface area (Å²) in [6.45, 7) is 3.83. The van der Waals surface area contributed by atoms with Gasteiger partial charge in [-0.3, -0.25) is 9.89 Å². The molecule has 4 rings (SSSR count). The second kappa shape index (κ2) is 7.63. The predicted molar refractivity (Wildman–Crippen MR) is 113 cm³/mol. The SMILES string of the molecule is COc1ccc(-c2n[nH]c(C(=O)N/N=C/c3c(C)[nH]c4ccccc34)c2C)cc1. The molecular weight excluding hydrogens is 366 g/mol. The zero-order valence-corrected chi connectivity index (χ0v) is 16.4. The van der Waals surface area contributed by atoms with Gasteiger partial charge < -0.3 is 9.72 Å². The molecule has 0 radical (unpaired) electrons. The summed E-state index contributed by atoms with van der Waals surface area (Å²) in [5.41, 5.74) is 8.30. The van der Waals surface area contributed by atoms with Crippen LogP contribution in [0.25, 0.3) is 22.2 Å². The molecule has 0 aliphatic carbocycles. The van der Waals surface area contributed by atoms with Crippen molar-refractivity contribution in [3.63, 3.8) is 0 Å². The van der Waals surface area contributed by atoms with E-state index in [2.05, 4.69) is 25.7 Å². The number of nitrogens with zero attached hydrogens (tertiary/aromatic N) is 2. The summed E-state index contributed by atoms with van der Waals surface area (Å²) in [5, 5.41) is 12.3. The van der Waals surface area contributed by atoms with E-state index in [0.717, 1.165) is 39.0 Å². The van der Waals surface area contributed by atoms with Crippen molar-refractivity contribution in [1.82, 2.24) is 20.6 Å². The number of benzene rings is 2. The van der Waals surface area contributed by atoms with Gasteiger partial charge in [-0.05, 0) is 44.2 Å². The lowest BCUT2D eigenvalue weighted by Gasteiger charge is -2.02. The Bertz CT molecular complexity index is 1200. The number of amides is 1. The van der Waals surface area contributed by atoms with E-state index in [4.69, 9.17) is 4.74 Å². The molecule has 2 aromatic carbocycles. The number of H-pyrrole nitrogens is 2. The molecule has 29 heavy (non-hydrogen) atoms. The Morgan fingerprint density at radius 3 is 2.66 bits per heavy atom. The summed E-state index contributed by atoms with van der Waals surface area (Å²) in [6.07, 6.45) is 1.65. The molecule has 0 saturated heterocycles. The minimum absolute atomic E-state index is 0.344. The first-order chi connectivity index (χ1) is 14.1. The monoisotopic (exact) mass is 387 g/mol. The summed E-state index contributed by atoms with van der Waals surface area (Å²) < 4.78 is 5.18. The van der Waals surface area contributed by atoms with Crippen molar-refractivity contribution < 1.29 is 9.53 Å². The van der Waals surface area contributed by atoms with Crippen molar-refractivity contribution in [3.8, 4) is 17.0 Å². The molecule has 0 fully saturated rings. The molecule has 2 heterocycles. The van der Waals surface area contributed by atoms with Crippen LogP contribution in [0.2, 0.25) is 0 Å². The minimum atomic E-state index is -0.344. The van der Waals surface area contributed by atoms with Gasteiger partial charge in [0.2, 0.25) is 0 Å². The van der Waals surface area contributed by atoms with E-state index < -0.39 is 0 Å². The van der Waals surface area contributed by atoms with Crippen molar-refractivity contribution in [2.24, 2.45) is 5.10 Å². The second-order valence-electron chi connectivity index (χ2n) is 6.71. The van der Waals surface area contributed by atoms with Crippen molar-refractivity contribution in [1.29, 1.82) is 0 Å². The molecule has 0 aliphatic heterocycles. The Kier molecular flexibility index (Phi) is 4.87. The smallest absolute Gasteiger partial charge is 0.289 e. The van der Waals surface area contributed by atoms with Crippen LogP contribution in [0.4, 0.5) is 0 Å². The maximum atomic E-state index is 12.6. The van der Waals surface area contributed by atoms with Crippen molar-refractivity contribution in [3.05, 3.63) is 71.0 Å². The van der Waals surface area contributed by atoms with Crippen LogP contribution in [-0.4, -0.2) is 34.4 Å². The summed E-state index contributed by atoms with van der Waals surface area (Å²) in [5.74, 6) is 0.422. The highest BCUT2D eigenvalue weighted by atomic mass is 16.5. The van der Waals surface area contributed by atoms with E-state index in [1.54, 1.807) is 13.3 Å². The van der Waals surface area contributed by atoms with Crippen molar-refractivity contribution in [2.45, 2.75) is 13.8 Å². The summed E-state index contributed by atoms with van der Waals surface area (Å²) in [4.78, 5) is 15.9. The van der Waals surface area contributed by atoms with Crippen LogP contribution in [0.15, 0.2) is 53.6 Å². The van der Waals surface area contributed by atoms with Gasteiger partial charge in [0, 0.05) is 33.3 Å². The normalized spacial score (nSPS) is 11.3. The zero-order chi connectivity index (χ0) is 20.4. The van der Waals surface area contributed by atoms with Gasteiger partial charge in [0.05, 0.1) is 19.0 Å². The van der Waals surface area contributed by atoms with Gasteiger partial charge in [0.15, 0.2) is 0 Å². The number of carbonyl (C=O) groups excluding carboxylic acids is 1. The third-order valence-electron chi connectivity index (χ3n) is 4.90. The van der Waals surface area contributed by atoms with Gasteiger partial charge in [-0.2, -0.15) is 10.2 Å². The van der Waals surface area contributed by atoms with Gasteiger partial charge in [0.1, 0.15) is 11.4 Å². The van der Waals surface area contributed by atoms with Crippen LogP contribution in [0.3, 0.4) is 0 Å². The van der Waals surface area contributed by atoms with E-state index in [1.807, 2.05) is 62.4 Å². The van der Waals surface area contributed by atoms with Crippen LogP contribution in [-0.2, 0) is 0 Å². The summed E-state index contributed by atoms with van der Waals surface area (Å²) >= 11 is 0. The predicted octanol–water partition coefficient (Wildman–Crippen LogP) is 3.95. The number of hydrogen-bond donors (Lipinski definition) is 3. The molecule has 0 atom stereocenters. The van der Waals surface area contributed by atoms with Gasteiger partial charge >= 0.3 is 0 Å². The van der Waals surface area contributed by atoms with Gasteiger partial charge in [-0.25, -0.2) is 5.43 Å². The maximum absolute atomic E-state index is 12.6. The average molecular weight is 387 g/mol. The first-order valence-electron chi connectivity index (χ1n) is 9.18. The average Bonchev–Trinajstić information content (AvgIpc) is 3.27. The van der Waals surface area contributed by atoms with Crippen LogP contribution >= 0.6 is 0 Å². The number of nitrogens with one attached hydrogen (secondary N) is 3. The third-order valence-corrected chi connectivity index (χ3v) is 4.90. The largest absolute Gasteiger partial charge is 0.497 e. The van der Waals surface area contributed by atoms with Crippen LogP contribution in [0.1, 0.15) is 27.3 Å². The van der Waals surface area contributed by atoms with Crippen LogP contribution in [0.5, 0.6) is 5.75 Å². The number of hydrazone groups is 1. The molecule has 0 bridgehead atoms. The first kappa shape index (κ1) is 18.5. The number of ether oxygens (including phenoxy) is 1. The lowest BCUT2D eigenvalue weighted by atomic mass is 10.1. The number of methoxy groups -OCH3 is 1.